The van der Waals surface area contributed by atoms with Gasteiger partial charge < -0.3 is 20.2 Å². The second-order valence-corrected chi connectivity index (χ2v) is 5.67. The molecule has 0 fully saturated rings. The molecule has 0 saturated heterocycles. The number of hydrogen-bond donors (Lipinski definition) is 2. The molecule has 132 valence electrons. The van der Waals surface area contributed by atoms with Crippen molar-refractivity contribution in [3.63, 3.8) is 0 Å². The van der Waals surface area contributed by atoms with Crippen LogP contribution in [-0.4, -0.2) is 59.5 Å². The normalized spacial score (nSPS) is 11.5. The molecule has 24 heavy (non-hydrogen) atoms. The summed E-state index contributed by atoms with van der Waals surface area (Å²) in [5.74, 6) is -1.82. The van der Waals surface area contributed by atoms with Gasteiger partial charge in [0.25, 0.3) is 0 Å². The minimum absolute atomic E-state index is 0.0802. The van der Waals surface area contributed by atoms with E-state index < -0.39 is 17.9 Å². The molecule has 0 spiro atoms. The van der Waals surface area contributed by atoms with Crippen LogP contribution in [0.25, 0.3) is 0 Å². The summed E-state index contributed by atoms with van der Waals surface area (Å²) in [5, 5.41) is 11.4. The highest BCUT2D eigenvalue weighted by atomic mass is 16.4. The number of nitrogens with zero attached hydrogens (tertiary/aromatic N) is 2. The van der Waals surface area contributed by atoms with Gasteiger partial charge in [-0.2, -0.15) is 0 Å². The van der Waals surface area contributed by atoms with Crippen LogP contribution in [-0.2, 0) is 16.1 Å². The van der Waals surface area contributed by atoms with Crippen LogP contribution in [0.2, 0.25) is 0 Å². The number of rotatable bonds is 8. The first-order chi connectivity index (χ1) is 11.3. The fourth-order valence-corrected chi connectivity index (χ4v) is 2.15. The summed E-state index contributed by atoms with van der Waals surface area (Å²) in [6, 6.07) is 9.15. The minimum Gasteiger partial charge on any atom is -0.481 e. The van der Waals surface area contributed by atoms with Crippen molar-refractivity contribution in [1.29, 1.82) is 0 Å². The monoisotopic (exact) mass is 335 g/mol. The van der Waals surface area contributed by atoms with E-state index in [1.165, 1.54) is 18.9 Å². The van der Waals surface area contributed by atoms with Crippen LogP contribution in [0, 0.1) is 5.92 Å². The number of carbonyl (C=O) groups excluding carboxylic acids is 2. The van der Waals surface area contributed by atoms with E-state index >= 15 is 0 Å². The molecular formula is C17H25N3O4. The van der Waals surface area contributed by atoms with Gasteiger partial charge in [-0.3, -0.25) is 9.59 Å². The van der Waals surface area contributed by atoms with Crippen LogP contribution in [0.1, 0.15) is 19.4 Å². The summed E-state index contributed by atoms with van der Waals surface area (Å²) in [7, 11) is 1.50. The number of carboxylic acids is 1. The average Bonchev–Trinajstić information content (AvgIpc) is 2.57. The summed E-state index contributed by atoms with van der Waals surface area (Å²) >= 11 is 0. The molecule has 3 amide bonds. The van der Waals surface area contributed by atoms with Gasteiger partial charge in [0.2, 0.25) is 5.91 Å². The van der Waals surface area contributed by atoms with Crippen LogP contribution >= 0.6 is 0 Å². The van der Waals surface area contributed by atoms with E-state index in [-0.39, 0.29) is 19.0 Å². The van der Waals surface area contributed by atoms with Crippen LogP contribution < -0.4 is 5.32 Å². The molecule has 0 aliphatic rings. The lowest BCUT2D eigenvalue weighted by Gasteiger charge is -2.23. The topological polar surface area (TPSA) is 90.0 Å². The van der Waals surface area contributed by atoms with Gasteiger partial charge in [-0.05, 0) is 12.5 Å². The van der Waals surface area contributed by atoms with Gasteiger partial charge >= 0.3 is 12.0 Å². The Balaban J connectivity index is 2.48. The molecule has 0 bridgehead atoms. The van der Waals surface area contributed by atoms with Gasteiger partial charge in [0.05, 0.1) is 12.5 Å². The third kappa shape index (κ3) is 6.28. The largest absolute Gasteiger partial charge is 0.481 e. The Labute approximate surface area is 142 Å². The van der Waals surface area contributed by atoms with Gasteiger partial charge in [0.1, 0.15) is 0 Å². The maximum Gasteiger partial charge on any atom is 0.317 e. The zero-order valence-electron chi connectivity index (χ0n) is 14.4. The Hall–Kier alpha value is -2.57. The zero-order chi connectivity index (χ0) is 18.1. The number of carbonyl (C=O) groups is 3. The van der Waals surface area contributed by atoms with Crippen molar-refractivity contribution in [2.45, 2.75) is 20.4 Å². The molecule has 1 atom stereocenters. The minimum atomic E-state index is -0.967. The second-order valence-electron chi connectivity index (χ2n) is 5.67. The number of hydrogen-bond acceptors (Lipinski definition) is 3. The lowest BCUT2D eigenvalue weighted by atomic mass is 10.2. The number of carboxylic acid groups (broad SMARTS) is 1. The van der Waals surface area contributed by atoms with Crippen molar-refractivity contribution in [3.8, 4) is 0 Å². The highest BCUT2D eigenvalue weighted by molar-refractivity contribution is 5.84. The molecule has 0 heterocycles. The van der Waals surface area contributed by atoms with E-state index in [9.17, 15) is 14.4 Å². The van der Waals surface area contributed by atoms with Crippen LogP contribution in [0.4, 0.5) is 4.79 Å². The standard InChI is InChI=1S/C17H25N3O4/c1-4-20(12-14-8-6-5-7-9-14)15(21)10-18-17(24)19(3)11-13(2)16(22)23/h5-9,13H,4,10-12H2,1-3H3,(H,18,24)(H,22,23). The van der Waals surface area contributed by atoms with E-state index in [0.717, 1.165) is 5.56 Å². The van der Waals surface area contributed by atoms with Crippen molar-refractivity contribution in [2.24, 2.45) is 5.92 Å². The summed E-state index contributed by atoms with van der Waals surface area (Å²) in [4.78, 5) is 37.9. The van der Waals surface area contributed by atoms with Gasteiger partial charge in [-0.15, -0.1) is 0 Å². The number of nitrogens with one attached hydrogen (secondary N) is 1. The maximum atomic E-state index is 12.2. The van der Waals surface area contributed by atoms with Crippen LogP contribution in [0.5, 0.6) is 0 Å². The molecule has 1 unspecified atom stereocenters. The SMILES string of the molecule is CCN(Cc1ccccc1)C(=O)CNC(=O)N(C)CC(C)C(=O)O. The Morgan fingerprint density at radius 3 is 2.38 bits per heavy atom. The van der Waals surface area contributed by atoms with Gasteiger partial charge in [-0.1, -0.05) is 37.3 Å². The Bertz CT molecular complexity index is 562. The third-order valence-corrected chi connectivity index (χ3v) is 3.66. The molecule has 7 nitrogen and oxygen atoms in total. The summed E-state index contributed by atoms with van der Waals surface area (Å²) < 4.78 is 0. The maximum absolute atomic E-state index is 12.2. The fraction of sp³-hybridized carbons (Fsp3) is 0.471. The first-order valence-electron chi connectivity index (χ1n) is 7.88. The lowest BCUT2D eigenvalue weighted by molar-refractivity contribution is -0.141. The quantitative estimate of drug-likeness (QED) is 0.751. The number of benzene rings is 1. The molecule has 0 saturated carbocycles. The molecule has 0 aliphatic heterocycles. The van der Waals surface area contributed by atoms with Crippen LogP contribution in [0.15, 0.2) is 30.3 Å². The summed E-state index contributed by atoms with van der Waals surface area (Å²) in [5.41, 5.74) is 1.02. The van der Waals surface area contributed by atoms with Crippen molar-refractivity contribution in [1.82, 2.24) is 15.1 Å². The molecule has 1 aromatic carbocycles. The molecule has 0 radical (unpaired) electrons. The van der Waals surface area contributed by atoms with E-state index in [4.69, 9.17) is 5.11 Å². The van der Waals surface area contributed by atoms with E-state index in [0.29, 0.717) is 13.1 Å². The van der Waals surface area contributed by atoms with Crippen molar-refractivity contribution < 1.29 is 19.5 Å². The highest BCUT2D eigenvalue weighted by Crippen LogP contribution is 2.04. The third-order valence-electron chi connectivity index (χ3n) is 3.66. The Kier molecular flexibility index (Phi) is 7.74. The first-order valence-corrected chi connectivity index (χ1v) is 7.88. The number of aliphatic carboxylic acids is 1. The lowest BCUT2D eigenvalue weighted by Crippen LogP contribution is -2.45. The fourth-order valence-electron chi connectivity index (χ4n) is 2.15. The highest BCUT2D eigenvalue weighted by Gasteiger charge is 2.19. The molecule has 0 aromatic heterocycles. The predicted molar refractivity (Wildman–Crippen MR) is 90.4 cm³/mol. The van der Waals surface area contributed by atoms with Gasteiger partial charge in [0.15, 0.2) is 0 Å². The van der Waals surface area contributed by atoms with E-state index in [1.54, 1.807) is 4.90 Å². The van der Waals surface area contributed by atoms with Gasteiger partial charge in [0, 0.05) is 26.7 Å². The molecule has 1 aromatic rings. The van der Waals surface area contributed by atoms with Crippen molar-refractivity contribution in [3.05, 3.63) is 35.9 Å². The molecule has 1 rings (SSSR count). The average molecular weight is 335 g/mol. The summed E-state index contributed by atoms with van der Waals surface area (Å²) in [6.07, 6.45) is 0. The number of urea groups is 1. The van der Waals surface area contributed by atoms with Crippen LogP contribution in [0.3, 0.4) is 0 Å². The van der Waals surface area contributed by atoms with Crippen molar-refractivity contribution >= 4 is 17.9 Å². The molecular weight excluding hydrogens is 310 g/mol. The molecule has 0 aliphatic carbocycles. The number of likely N-dealkylation sites (N-methyl/N-ethyl adjacent to an activating group) is 1. The van der Waals surface area contributed by atoms with E-state index in [1.807, 2.05) is 37.3 Å². The predicted octanol–water partition coefficient (Wildman–Crippen LogP) is 1.40. The molecule has 7 heteroatoms. The first kappa shape index (κ1) is 19.5. The molecule has 2 N–H and O–H groups in total. The Morgan fingerprint density at radius 2 is 1.83 bits per heavy atom. The van der Waals surface area contributed by atoms with Crippen molar-refractivity contribution in [2.75, 3.05) is 26.7 Å². The smallest absolute Gasteiger partial charge is 0.317 e. The summed E-state index contributed by atoms with van der Waals surface area (Å²) in [6.45, 7) is 4.38. The Morgan fingerprint density at radius 1 is 1.21 bits per heavy atom. The number of amides is 3. The van der Waals surface area contributed by atoms with Gasteiger partial charge in [-0.25, -0.2) is 4.79 Å². The second kappa shape index (κ2) is 9.54. The van der Waals surface area contributed by atoms with E-state index in [2.05, 4.69) is 5.32 Å². The zero-order valence-corrected chi connectivity index (χ0v) is 14.4.